The first-order chi connectivity index (χ1) is 9.15. The molecular formula is C15H22N2OS. The quantitative estimate of drug-likeness (QED) is 0.903. The molecule has 1 aromatic heterocycles. The summed E-state index contributed by atoms with van der Waals surface area (Å²) in [5.41, 5.74) is 7.36. The van der Waals surface area contributed by atoms with Crippen LogP contribution in [0, 0.1) is 5.92 Å². The highest BCUT2D eigenvalue weighted by Gasteiger charge is 2.30. The highest BCUT2D eigenvalue weighted by molar-refractivity contribution is 7.14. The Hall–Kier alpha value is -0.870. The van der Waals surface area contributed by atoms with Gasteiger partial charge in [-0.25, -0.2) is 0 Å². The Morgan fingerprint density at radius 2 is 2.26 bits per heavy atom. The van der Waals surface area contributed by atoms with Crippen molar-refractivity contribution in [2.45, 2.75) is 45.1 Å². The van der Waals surface area contributed by atoms with E-state index in [4.69, 9.17) is 5.73 Å². The van der Waals surface area contributed by atoms with Gasteiger partial charge in [-0.3, -0.25) is 4.79 Å². The summed E-state index contributed by atoms with van der Waals surface area (Å²) in [7, 11) is 0. The summed E-state index contributed by atoms with van der Waals surface area (Å²) in [5.74, 6) is 0.695. The van der Waals surface area contributed by atoms with E-state index in [2.05, 4.69) is 6.07 Å². The first kappa shape index (κ1) is 13.1. The molecule has 1 aliphatic heterocycles. The summed E-state index contributed by atoms with van der Waals surface area (Å²) in [6.07, 6.45) is 5.91. The van der Waals surface area contributed by atoms with E-state index in [0.717, 1.165) is 37.2 Å². The fraction of sp³-hybridized carbons (Fsp3) is 0.667. The van der Waals surface area contributed by atoms with Gasteiger partial charge in [-0.1, -0.05) is 0 Å². The van der Waals surface area contributed by atoms with Gasteiger partial charge >= 0.3 is 0 Å². The smallest absolute Gasteiger partial charge is 0.263 e. The molecule has 2 atom stereocenters. The molecule has 1 saturated heterocycles. The van der Waals surface area contributed by atoms with Crippen LogP contribution in [0.4, 0.5) is 0 Å². The number of nitrogens with zero attached hydrogens (tertiary/aromatic N) is 1. The molecule has 0 spiro atoms. The number of rotatable bonds is 2. The van der Waals surface area contributed by atoms with Gasteiger partial charge in [-0.15, -0.1) is 11.3 Å². The predicted octanol–water partition coefficient (Wildman–Crippen LogP) is 2.44. The first-order valence-corrected chi connectivity index (χ1v) is 8.13. The van der Waals surface area contributed by atoms with Crippen molar-refractivity contribution in [3.63, 3.8) is 0 Å². The van der Waals surface area contributed by atoms with Crippen molar-refractivity contribution < 1.29 is 4.79 Å². The van der Waals surface area contributed by atoms with Gasteiger partial charge in [0.2, 0.25) is 0 Å². The Balaban J connectivity index is 1.72. The van der Waals surface area contributed by atoms with Crippen LogP contribution >= 0.6 is 11.3 Å². The fourth-order valence-electron chi connectivity index (χ4n) is 3.15. The summed E-state index contributed by atoms with van der Waals surface area (Å²) in [5, 5.41) is 0. The molecule has 2 N–H and O–H groups in total. The number of fused-ring (bicyclic) bond motifs is 1. The van der Waals surface area contributed by atoms with E-state index in [1.165, 1.54) is 23.3 Å². The van der Waals surface area contributed by atoms with Crippen molar-refractivity contribution in [2.24, 2.45) is 11.7 Å². The van der Waals surface area contributed by atoms with Gasteiger partial charge < -0.3 is 10.6 Å². The molecular weight excluding hydrogens is 256 g/mol. The lowest BCUT2D eigenvalue weighted by Gasteiger charge is -2.17. The van der Waals surface area contributed by atoms with Crippen LogP contribution in [0.25, 0.3) is 0 Å². The van der Waals surface area contributed by atoms with Gasteiger partial charge in [-0.2, -0.15) is 0 Å². The number of amides is 1. The second-order valence-corrected chi connectivity index (χ2v) is 7.06. The van der Waals surface area contributed by atoms with Crippen LogP contribution < -0.4 is 5.73 Å². The number of nitrogens with two attached hydrogens (primary N) is 1. The van der Waals surface area contributed by atoms with Gasteiger partial charge in [0.1, 0.15) is 0 Å². The van der Waals surface area contributed by atoms with Gasteiger partial charge in [0.15, 0.2) is 0 Å². The molecule has 4 heteroatoms. The molecule has 2 unspecified atom stereocenters. The van der Waals surface area contributed by atoms with E-state index >= 15 is 0 Å². The molecule has 1 aromatic rings. The molecule has 3 nitrogen and oxygen atoms in total. The molecule has 0 bridgehead atoms. The SMILES string of the molecule is CC(N)C1CCN(C(=O)c2cc3c(s2)CCCC3)C1. The lowest BCUT2D eigenvalue weighted by atomic mass is 9.99. The minimum atomic E-state index is 0.189. The molecule has 1 aliphatic carbocycles. The second-order valence-electron chi connectivity index (χ2n) is 5.93. The Bertz CT molecular complexity index is 457. The predicted molar refractivity (Wildman–Crippen MR) is 78.6 cm³/mol. The zero-order valence-corrected chi connectivity index (χ0v) is 12.3. The molecule has 0 aromatic carbocycles. The van der Waals surface area contributed by atoms with E-state index in [1.54, 1.807) is 11.3 Å². The molecule has 2 aliphatic rings. The lowest BCUT2D eigenvalue weighted by Crippen LogP contribution is -2.32. The van der Waals surface area contributed by atoms with E-state index < -0.39 is 0 Å². The summed E-state index contributed by atoms with van der Waals surface area (Å²) >= 11 is 1.72. The Morgan fingerprint density at radius 3 is 2.95 bits per heavy atom. The molecule has 1 fully saturated rings. The number of hydrogen-bond donors (Lipinski definition) is 1. The van der Waals surface area contributed by atoms with Crippen molar-refractivity contribution >= 4 is 17.2 Å². The number of thiophene rings is 1. The van der Waals surface area contributed by atoms with Gasteiger partial charge in [0.05, 0.1) is 4.88 Å². The minimum Gasteiger partial charge on any atom is -0.338 e. The molecule has 104 valence electrons. The highest BCUT2D eigenvalue weighted by Crippen LogP contribution is 2.31. The number of carbonyl (C=O) groups excluding carboxylic acids is 1. The van der Waals surface area contributed by atoms with E-state index in [9.17, 15) is 4.79 Å². The van der Waals surface area contributed by atoms with Crippen LogP contribution in [0.15, 0.2) is 6.07 Å². The van der Waals surface area contributed by atoms with E-state index in [-0.39, 0.29) is 11.9 Å². The summed E-state index contributed by atoms with van der Waals surface area (Å²) in [4.78, 5) is 16.9. The average molecular weight is 278 g/mol. The topological polar surface area (TPSA) is 46.3 Å². The maximum absolute atomic E-state index is 12.5. The second kappa shape index (κ2) is 5.25. The molecule has 0 radical (unpaired) electrons. The third-order valence-electron chi connectivity index (χ3n) is 4.46. The van der Waals surface area contributed by atoms with Gasteiger partial charge in [0, 0.05) is 24.0 Å². The van der Waals surface area contributed by atoms with Crippen molar-refractivity contribution in [1.82, 2.24) is 4.90 Å². The Morgan fingerprint density at radius 1 is 1.47 bits per heavy atom. The maximum atomic E-state index is 12.5. The Kier molecular flexibility index (Phi) is 3.63. The normalized spacial score (nSPS) is 24.3. The molecule has 1 amide bonds. The zero-order chi connectivity index (χ0) is 13.4. The highest BCUT2D eigenvalue weighted by atomic mass is 32.1. The summed E-state index contributed by atoms with van der Waals surface area (Å²) in [6, 6.07) is 2.33. The number of carbonyl (C=O) groups is 1. The standard InChI is InChI=1S/C15H22N2OS/c1-10(16)12-6-7-17(9-12)15(18)14-8-11-4-2-3-5-13(11)19-14/h8,10,12H,2-7,9,16H2,1H3. The lowest BCUT2D eigenvalue weighted by molar-refractivity contribution is 0.0790. The molecule has 0 saturated carbocycles. The largest absolute Gasteiger partial charge is 0.338 e. The average Bonchev–Trinajstić information content (AvgIpc) is 3.04. The number of aryl methyl sites for hydroxylation is 2. The maximum Gasteiger partial charge on any atom is 0.263 e. The fourth-order valence-corrected chi connectivity index (χ4v) is 4.37. The van der Waals surface area contributed by atoms with Crippen molar-refractivity contribution in [3.05, 3.63) is 21.4 Å². The van der Waals surface area contributed by atoms with Gasteiger partial charge in [-0.05, 0) is 56.6 Å². The molecule has 2 heterocycles. The van der Waals surface area contributed by atoms with Crippen LogP contribution in [0.5, 0.6) is 0 Å². The van der Waals surface area contributed by atoms with Crippen LogP contribution in [-0.2, 0) is 12.8 Å². The van der Waals surface area contributed by atoms with E-state index in [0.29, 0.717) is 5.92 Å². The van der Waals surface area contributed by atoms with Crippen molar-refractivity contribution in [3.8, 4) is 0 Å². The zero-order valence-electron chi connectivity index (χ0n) is 11.5. The first-order valence-electron chi connectivity index (χ1n) is 7.31. The van der Waals surface area contributed by atoms with Crippen molar-refractivity contribution in [2.75, 3.05) is 13.1 Å². The number of hydrogen-bond acceptors (Lipinski definition) is 3. The minimum absolute atomic E-state index is 0.189. The van der Waals surface area contributed by atoms with Crippen LogP contribution in [0.3, 0.4) is 0 Å². The third-order valence-corrected chi connectivity index (χ3v) is 5.69. The third kappa shape index (κ3) is 2.56. The van der Waals surface area contributed by atoms with Crippen LogP contribution in [0.1, 0.15) is 46.3 Å². The van der Waals surface area contributed by atoms with Crippen LogP contribution in [-0.4, -0.2) is 29.9 Å². The van der Waals surface area contributed by atoms with E-state index in [1.807, 2.05) is 11.8 Å². The molecule has 19 heavy (non-hydrogen) atoms. The summed E-state index contributed by atoms with van der Waals surface area (Å²) in [6.45, 7) is 3.75. The van der Waals surface area contributed by atoms with Crippen molar-refractivity contribution in [1.29, 1.82) is 0 Å². The van der Waals surface area contributed by atoms with Gasteiger partial charge in [0.25, 0.3) is 5.91 Å². The van der Waals surface area contributed by atoms with Crippen LogP contribution in [0.2, 0.25) is 0 Å². The number of likely N-dealkylation sites (tertiary alicyclic amines) is 1. The summed E-state index contributed by atoms with van der Waals surface area (Å²) < 4.78 is 0. The monoisotopic (exact) mass is 278 g/mol. The molecule has 3 rings (SSSR count). The Labute approximate surface area is 118 Å².